The largest absolute Gasteiger partial charge is 0.495 e. The summed E-state index contributed by atoms with van der Waals surface area (Å²) in [7, 11) is 1.67. The molecular formula is C22H34N4O6. The predicted octanol–water partition coefficient (Wildman–Crippen LogP) is -0.652. The zero-order valence-corrected chi connectivity index (χ0v) is 18.6. The van der Waals surface area contributed by atoms with Crippen LogP contribution in [0.5, 0.6) is 5.75 Å². The summed E-state index contributed by atoms with van der Waals surface area (Å²) in [6.07, 6.45) is -1.87. The van der Waals surface area contributed by atoms with Gasteiger partial charge < -0.3 is 39.5 Å². The molecule has 10 nitrogen and oxygen atoms in total. The van der Waals surface area contributed by atoms with Crippen LogP contribution in [-0.2, 0) is 9.47 Å². The van der Waals surface area contributed by atoms with Gasteiger partial charge in [-0.15, -0.1) is 0 Å². The van der Waals surface area contributed by atoms with Gasteiger partial charge in [0, 0.05) is 45.8 Å². The van der Waals surface area contributed by atoms with Crippen LogP contribution < -0.4 is 15.0 Å². The van der Waals surface area contributed by atoms with Crippen LogP contribution in [0, 0.1) is 0 Å². The lowest BCUT2D eigenvalue weighted by molar-refractivity contribution is -0.0211. The normalized spacial score (nSPS) is 29.2. The van der Waals surface area contributed by atoms with E-state index in [-0.39, 0.29) is 25.2 Å². The van der Waals surface area contributed by atoms with Gasteiger partial charge in [-0.25, -0.2) is 4.79 Å². The summed E-state index contributed by atoms with van der Waals surface area (Å²) in [5.74, 6) is 0.842. The second-order valence-electron chi connectivity index (χ2n) is 8.36. The summed E-state index contributed by atoms with van der Waals surface area (Å²) < 4.78 is 16.7. The van der Waals surface area contributed by atoms with E-state index in [1.165, 1.54) is 0 Å². The van der Waals surface area contributed by atoms with Crippen LogP contribution in [0.2, 0.25) is 0 Å². The number of benzene rings is 1. The van der Waals surface area contributed by atoms with Gasteiger partial charge in [0.15, 0.2) is 0 Å². The second kappa shape index (κ2) is 10.7. The quantitative estimate of drug-likeness (QED) is 0.525. The second-order valence-corrected chi connectivity index (χ2v) is 8.36. The lowest BCUT2D eigenvalue weighted by atomic mass is 10.0. The fraction of sp³-hybridized carbons (Fsp3) is 0.682. The molecule has 2 amide bonds. The summed E-state index contributed by atoms with van der Waals surface area (Å²) in [5.41, 5.74) is 1.06. The monoisotopic (exact) mass is 450 g/mol. The van der Waals surface area contributed by atoms with Crippen LogP contribution in [0.25, 0.3) is 0 Å². The smallest absolute Gasteiger partial charge is 0.317 e. The van der Waals surface area contributed by atoms with Crippen LogP contribution in [-0.4, -0.2) is 123 Å². The number of para-hydroxylation sites is 2. The number of urea groups is 1. The van der Waals surface area contributed by atoms with Gasteiger partial charge in [-0.2, -0.15) is 0 Å². The molecule has 0 bridgehead atoms. The van der Waals surface area contributed by atoms with Crippen molar-refractivity contribution in [2.45, 2.75) is 24.4 Å². The van der Waals surface area contributed by atoms with Gasteiger partial charge in [0.25, 0.3) is 0 Å². The lowest BCUT2D eigenvalue weighted by Crippen LogP contribution is -2.58. The number of amides is 2. The maximum absolute atomic E-state index is 12.5. The number of rotatable bonds is 6. The van der Waals surface area contributed by atoms with Crippen molar-refractivity contribution in [1.29, 1.82) is 0 Å². The number of hydrogen-bond donors (Lipinski definition) is 3. The third kappa shape index (κ3) is 4.94. The fourth-order valence-corrected chi connectivity index (χ4v) is 4.81. The fourth-order valence-electron chi connectivity index (χ4n) is 4.81. The molecule has 1 aromatic carbocycles. The molecule has 1 aromatic rings. The number of nitrogens with one attached hydrogen (secondary N) is 1. The number of hydrogen-bond acceptors (Lipinski definition) is 8. The summed E-state index contributed by atoms with van der Waals surface area (Å²) >= 11 is 0. The average Bonchev–Trinajstić information content (AvgIpc) is 3.18. The van der Waals surface area contributed by atoms with Gasteiger partial charge in [-0.1, -0.05) is 12.1 Å². The SMILES string of the molecule is COc1ccccc1N1CCN(C2C(CNC(=O)N3CCOCC3)OC(CO)C2O)CC1. The molecule has 0 radical (unpaired) electrons. The van der Waals surface area contributed by atoms with Gasteiger partial charge in [0.05, 0.1) is 44.8 Å². The number of aliphatic hydroxyl groups is 2. The van der Waals surface area contributed by atoms with E-state index in [4.69, 9.17) is 14.2 Å². The third-order valence-electron chi connectivity index (χ3n) is 6.56. The first-order valence-corrected chi connectivity index (χ1v) is 11.3. The molecule has 0 aliphatic carbocycles. The maximum Gasteiger partial charge on any atom is 0.317 e. The van der Waals surface area contributed by atoms with Crippen molar-refractivity contribution in [1.82, 2.24) is 15.1 Å². The van der Waals surface area contributed by atoms with Crippen molar-refractivity contribution in [3.63, 3.8) is 0 Å². The molecule has 0 saturated carbocycles. The Balaban J connectivity index is 1.37. The van der Waals surface area contributed by atoms with E-state index in [1.54, 1.807) is 12.0 Å². The zero-order valence-electron chi connectivity index (χ0n) is 18.6. The lowest BCUT2D eigenvalue weighted by Gasteiger charge is -2.41. The molecule has 4 unspecified atom stereocenters. The van der Waals surface area contributed by atoms with Crippen molar-refractivity contribution in [2.24, 2.45) is 0 Å². The number of ether oxygens (including phenoxy) is 3. The summed E-state index contributed by atoms with van der Waals surface area (Å²) in [6, 6.07) is 7.51. The first-order chi connectivity index (χ1) is 15.6. The Bertz CT molecular complexity index is 754. The van der Waals surface area contributed by atoms with Crippen molar-refractivity contribution < 1.29 is 29.2 Å². The number of morpholine rings is 1. The molecule has 3 aliphatic rings. The Labute approximate surface area is 188 Å². The Morgan fingerprint density at radius 2 is 1.84 bits per heavy atom. The number of nitrogens with zero attached hydrogens (tertiary/aromatic N) is 3. The molecule has 0 aromatic heterocycles. The molecule has 10 heteroatoms. The average molecular weight is 451 g/mol. The Morgan fingerprint density at radius 3 is 2.53 bits per heavy atom. The molecule has 178 valence electrons. The molecule has 3 fully saturated rings. The molecule has 3 saturated heterocycles. The van der Waals surface area contributed by atoms with Crippen molar-refractivity contribution in [3.05, 3.63) is 24.3 Å². The minimum Gasteiger partial charge on any atom is -0.495 e. The zero-order chi connectivity index (χ0) is 22.5. The highest BCUT2D eigenvalue weighted by Crippen LogP contribution is 2.31. The van der Waals surface area contributed by atoms with Gasteiger partial charge in [-0.3, -0.25) is 4.90 Å². The molecule has 3 N–H and O–H groups in total. The van der Waals surface area contributed by atoms with Crippen molar-refractivity contribution in [2.75, 3.05) is 77.6 Å². The van der Waals surface area contributed by atoms with Crippen LogP contribution >= 0.6 is 0 Å². The molecular weight excluding hydrogens is 416 g/mol. The van der Waals surface area contributed by atoms with E-state index in [2.05, 4.69) is 15.1 Å². The van der Waals surface area contributed by atoms with Gasteiger partial charge in [-0.05, 0) is 12.1 Å². The predicted molar refractivity (Wildman–Crippen MR) is 118 cm³/mol. The number of carbonyl (C=O) groups is 1. The van der Waals surface area contributed by atoms with Crippen LogP contribution in [0.4, 0.5) is 10.5 Å². The number of piperazine rings is 1. The minimum absolute atomic E-state index is 0.154. The van der Waals surface area contributed by atoms with E-state index < -0.39 is 18.3 Å². The summed E-state index contributed by atoms with van der Waals surface area (Å²) in [5, 5.41) is 23.5. The summed E-state index contributed by atoms with van der Waals surface area (Å²) in [4.78, 5) is 18.7. The minimum atomic E-state index is -0.817. The Kier molecular flexibility index (Phi) is 7.69. The molecule has 4 atom stereocenters. The Hall–Kier alpha value is -2.11. The van der Waals surface area contributed by atoms with Gasteiger partial charge in [0.1, 0.15) is 18.0 Å². The highest BCUT2D eigenvalue weighted by Gasteiger charge is 2.47. The molecule has 3 aliphatic heterocycles. The van der Waals surface area contributed by atoms with Gasteiger partial charge >= 0.3 is 6.03 Å². The maximum atomic E-state index is 12.5. The van der Waals surface area contributed by atoms with E-state index in [0.717, 1.165) is 37.6 Å². The van der Waals surface area contributed by atoms with Gasteiger partial charge in [0.2, 0.25) is 0 Å². The molecule has 0 spiro atoms. The Morgan fingerprint density at radius 1 is 1.12 bits per heavy atom. The topological polar surface area (TPSA) is 107 Å². The number of aliphatic hydroxyl groups excluding tert-OH is 2. The number of methoxy groups -OCH3 is 1. The highest BCUT2D eigenvalue weighted by atomic mass is 16.5. The van der Waals surface area contributed by atoms with E-state index in [9.17, 15) is 15.0 Å². The van der Waals surface area contributed by atoms with Crippen molar-refractivity contribution >= 4 is 11.7 Å². The standard InChI is InChI=1S/C22H34N4O6/c1-30-17-5-3-2-4-16(17)24-6-8-25(9-7-24)20-18(32-19(15-27)21(20)28)14-23-22(29)26-10-12-31-13-11-26/h2-5,18-21,27-28H,6-15H2,1H3,(H,23,29). The summed E-state index contributed by atoms with van der Waals surface area (Å²) in [6.45, 7) is 5.25. The third-order valence-corrected chi connectivity index (χ3v) is 6.56. The van der Waals surface area contributed by atoms with Crippen molar-refractivity contribution in [3.8, 4) is 5.75 Å². The van der Waals surface area contributed by atoms with E-state index in [1.807, 2.05) is 24.3 Å². The van der Waals surface area contributed by atoms with Crippen LogP contribution in [0.15, 0.2) is 24.3 Å². The molecule has 3 heterocycles. The van der Waals surface area contributed by atoms with Crippen LogP contribution in [0.3, 0.4) is 0 Å². The van der Waals surface area contributed by atoms with E-state index in [0.29, 0.717) is 26.3 Å². The number of carbonyl (C=O) groups excluding carboxylic acids is 1. The number of anilines is 1. The highest BCUT2D eigenvalue weighted by molar-refractivity contribution is 5.74. The first kappa shape index (κ1) is 23.1. The van der Waals surface area contributed by atoms with Crippen LogP contribution in [0.1, 0.15) is 0 Å². The molecule has 4 rings (SSSR count). The molecule has 32 heavy (non-hydrogen) atoms. The van der Waals surface area contributed by atoms with E-state index >= 15 is 0 Å². The first-order valence-electron chi connectivity index (χ1n) is 11.3.